The number of hydrogen-bond donors (Lipinski definition) is 1. The maximum absolute atomic E-state index is 5.37. The molecule has 0 heterocycles. The maximum atomic E-state index is 5.37. The van der Waals surface area contributed by atoms with E-state index in [2.05, 4.69) is 24.1 Å². The standard InChI is InChI=1S/C14H19NO/c1-2-10-15-11-13-16-12-6-9-14-7-4-3-5-8-14/h3-5,7-8,15H,2,10-13H2,1H3. The molecule has 0 amide bonds. The van der Waals surface area contributed by atoms with Crippen molar-refractivity contribution in [1.29, 1.82) is 0 Å². The maximum Gasteiger partial charge on any atom is 0.108 e. The molecule has 0 fully saturated rings. The highest BCUT2D eigenvalue weighted by Gasteiger charge is 1.85. The molecule has 2 heteroatoms. The summed E-state index contributed by atoms with van der Waals surface area (Å²) in [5.74, 6) is 6.04. The van der Waals surface area contributed by atoms with Crippen LogP contribution in [0.2, 0.25) is 0 Å². The Hall–Kier alpha value is -1.30. The summed E-state index contributed by atoms with van der Waals surface area (Å²) in [4.78, 5) is 0. The third kappa shape index (κ3) is 6.23. The monoisotopic (exact) mass is 217 g/mol. The number of nitrogens with one attached hydrogen (secondary N) is 1. The van der Waals surface area contributed by atoms with Gasteiger partial charge < -0.3 is 10.1 Å². The summed E-state index contributed by atoms with van der Waals surface area (Å²) in [6, 6.07) is 9.95. The lowest BCUT2D eigenvalue weighted by atomic mass is 10.2. The lowest BCUT2D eigenvalue weighted by Gasteiger charge is -2.01. The Bertz CT molecular complexity index is 324. The van der Waals surface area contributed by atoms with Gasteiger partial charge in [-0.1, -0.05) is 37.0 Å². The average molecular weight is 217 g/mol. The van der Waals surface area contributed by atoms with Crippen LogP contribution >= 0.6 is 0 Å². The third-order valence-corrected chi connectivity index (χ3v) is 2.03. The second-order valence-electron chi connectivity index (χ2n) is 3.47. The van der Waals surface area contributed by atoms with Crippen LogP contribution in [-0.2, 0) is 4.74 Å². The van der Waals surface area contributed by atoms with Gasteiger partial charge in [0.1, 0.15) is 6.61 Å². The van der Waals surface area contributed by atoms with E-state index in [0.29, 0.717) is 6.61 Å². The Morgan fingerprint density at radius 2 is 2.00 bits per heavy atom. The molecule has 0 atom stereocenters. The van der Waals surface area contributed by atoms with Crippen LogP contribution in [0.4, 0.5) is 0 Å². The molecule has 0 aliphatic rings. The number of benzene rings is 1. The molecule has 0 unspecified atom stereocenters. The van der Waals surface area contributed by atoms with E-state index < -0.39 is 0 Å². The zero-order valence-corrected chi connectivity index (χ0v) is 9.83. The zero-order chi connectivity index (χ0) is 11.5. The smallest absolute Gasteiger partial charge is 0.108 e. The molecule has 0 saturated carbocycles. The predicted octanol–water partition coefficient (Wildman–Crippen LogP) is 2.05. The summed E-state index contributed by atoms with van der Waals surface area (Å²) < 4.78 is 5.37. The van der Waals surface area contributed by atoms with Crippen LogP contribution in [0.3, 0.4) is 0 Å². The second kappa shape index (κ2) is 8.96. The quantitative estimate of drug-likeness (QED) is 0.581. The highest BCUT2D eigenvalue weighted by atomic mass is 16.5. The van der Waals surface area contributed by atoms with Crippen molar-refractivity contribution in [2.24, 2.45) is 0 Å². The fourth-order valence-electron chi connectivity index (χ4n) is 1.23. The molecule has 0 spiro atoms. The molecule has 0 aliphatic heterocycles. The number of ether oxygens (including phenoxy) is 1. The van der Waals surface area contributed by atoms with Gasteiger partial charge >= 0.3 is 0 Å². The van der Waals surface area contributed by atoms with Gasteiger partial charge in [0.15, 0.2) is 0 Å². The SMILES string of the molecule is CCCNCCOCC#Cc1ccccc1. The summed E-state index contributed by atoms with van der Waals surface area (Å²) in [6.07, 6.45) is 1.16. The minimum absolute atomic E-state index is 0.503. The highest BCUT2D eigenvalue weighted by Crippen LogP contribution is 1.94. The Morgan fingerprint density at radius 1 is 1.19 bits per heavy atom. The van der Waals surface area contributed by atoms with Gasteiger partial charge in [-0.15, -0.1) is 0 Å². The molecule has 0 bridgehead atoms. The van der Waals surface area contributed by atoms with Gasteiger partial charge in [0, 0.05) is 12.1 Å². The van der Waals surface area contributed by atoms with Crippen molar-refractivity contribution in [3.05, 3.63) is 35.9 Å². The molecule has 16 heavy (non-hydrogen) atoms. The molecule has 1 aromatic rings. The molecule has 0 aliphatic carbocycles. The molecule has 1 aromatic carbocycles. The summed E-state index contributed by atoms with van der Waals surface area (Å²) in [6.45, 7) is 5.34. The van der Waals surface area contributed by atoms with Gasteiger partial charge in [-0.25, -0.2) is 0 Å². The van der Waals surface area contributed by atoms with Crippen molar-refractivity contribution in [3.8, 4) is 11.8 Å². The van der Waals surface area contributed by atoms with Crippen LogP contribution in [0.1, 0.15) is 18.9 Å². The Kier molecular flexibility index (Phi) is 7.15. The molecule has 0 radical (unpaired) electrons. The first-order valence-electron chi connectivity index (χ1n) is 5.76. The van der Waals surface area contributed by atoms with E-state index >= 15 is 0 Å². The van der Waals surface area contributed by atoms with Gasteiger partial charge in [-0.05, 0) is 25.1 Å². The van der Waals surface area contributed by atoms with Crippen molar-refractivity contribution in [3.63, 3.8) is 0 Å². The predicted molar refractivity (Wildman–Crippen MR) is 67.3 cm³/mol. The Morgan fingerprint density at radius 3 is 2.75 bits per heavy atom. The van der Waals surface area contributed by atoms with Crippen LogP contribution in [-0.4, -0.2) is 26.3 Å². The Labute approximate surface area is 98.0 Å². The van der Waals surface area contributed by atoms with Crippen molar-refractivity contribution in [1.82, 2.24) is 5.32 Å². The van der Waals surface area contributed by atoms with Gasteiger partial charge in [-0.2, -0.15) is 0 Å². The van der Waals surface area contributed by atoms with Gasteiger partial charge in [0.05, 0.1) is 6.61 Å². The van der Waals surface area contributed by atoms with Crippen molar-refractivity contribution in [2.75, 3.05) is 26.3 Å². The first-order valence-corrected chi connectivity index (χ1v) is 5.76. The Balaban J connectivity index is 2.05. The largest absolute Gasteiger partial charge is 0.367 e. The van der Waals surface area contributed by atoms with E-state index in [4.69, 9.17) is 4.74 Å². The molecule has 86 valence electrons. The fraction of sp³-hybridized carbons (Fsp3) is 0.429. The number of rotatable bonds is 6. The van der Waals surface area contributed by atoms with E-state index in [0.717, 1.165) is 31.7 Å². The van der Waals surface area contributed by atoms with Crippen molar-refractivity contribution in [2.45, 2.75) is 13.3 Å². The fourth-order valence-corrected chi connectivity index (χ4v) is 1.23. The van der Waals surface area contributed by atoms with Crippen molar-refractivity contribution < 1.29 is 4.74 Å². The van der Waals surface area contributed by atoms with Crippen LogP contribution in [0.15, 0.2) is 30.3 Å². The summed E-state index contributed by atoms with van der Waals surface area (Å²) in [7, 11) is 0. The van der Waals surface area contributed by atoms with Crippen LogP contribution in [0.25, 0.3) is 0 Å². The van der Waals surface area contributed by atoms with E-state index in [1.165, 1.54) is 0 Å². The van der Waals surface area contributed by atoms with E-state index in [-0.39, 0.29) is 0 Å². The van der Waals surface area contributed by atoms with Crippen LogP contribution in [0.5, 0.6) is 0 Å². The van der Waals surface area contributed by atoms with Gasteiger partial charge in [0.2, 0.25) is 0 Å². The topological polar surface area (TPSA) is 21.3 Å². The summed E-state index contributed by atoms with van der Waals surface area (Å²) >= 11 is 0. The third-order valence-electron chi connectivity index (χ3n) is 2.03. The van der Waals surface area contributed by atoms with E-state index in [9.17, 15) is 0 Å². The zero-order valence-electron chi connectivity index (χ0n) is 9.83. The first-order chi connectivity index (χ1) is 7.93. The first kappa shape index (κ1) is 12.8. The molecular formula is C14H19NO. The normalized spacial score (nSPS) is 9.56. The molecule has 1 rings (SSSR count). The molecule has 0 saturated heterocycles. The molecule has 2 nitrogen and oxygen atoms in total. The van der Waals surface area contributed by atoms with E-state index in [1.807, 2.05) is 30.3 Å². The van der Waals surface area contributed by atoms with Crippen LogP contribution in [0, 0.1) is 11.8 Å². The minimum Gasteiger partial charge on any atom is -0.367 e. The second-order valence-corrected chi connectivity index (χ2v) is 3.47. The summed E-state index contributed by atoms with van der Waals surface area (Å²) in [5.41, 5.74) is 1.04. The minimum atomic E-state index is 0.503. The number of hydrogen-bond acceptors (Lipinski definition) is 2. The molecular weight excluding hydrogens is 198 g/mol. The van der Waals surface area contributed by atoms with E-state index in [1.54, 1.807) is 0 Å². The molecule has 1 N–H and O–H groups in total. The lowest BCUT2D eigenvalue weighted by molar-refractivity contribution is 0.168. The molecule has 0 aromatic heterocycles. The van der Waals surface area contributed by atoms with Gasteiger partial charge in [-0.3, -0.25) is 0 Å². The average Bonchev–Trinajstić information content (AvgIpc) is 2.34. The summed E-state index contributed by atoms with van der Waals surface area (Å²) in [5, 5.41) is 3.27. The lowest BCUT2D eigenvalue weighted by Crippen LogP contribution is -2.20. The van der Waals surface area contributed by atoms with Gasteiger partial charge in [0.25, 0.3) is 0 Å². The van der Waals surface area contributed by atoms with Crippen LogP contribution < -0.4 is 5.32 Å². The highest BCUT2D eigenvalue weighted by molar-refractivity contribution is 5.33. The van der Waals surface area contributed by atoms with Crippen molar-refractivity contribution >= 4 is 0 Å².